The second-order valence-electron chi connectivity index (χ2n) is 5.42. The van der Waals surface area contributed by atoms with Gasteiger partial charge in [-0.3, -0.25) is 4.90 Å². The van der Waals surface area contributed by atoms with Crippen LogP contribution in [0.1, 0.15) is 33.1 Å². The molecule has 0 bridgehead atoms. The number of hydrogen-bond donors (Lipinski definition) is 1. The zero-order valence-corrected chi connectivity index (χ0v) is 8.79. The zero-order valence-electron chi connectivity index (χ0n) is 8.79. The summed E-state index contributed by atoms with van der Waals surface area (Å²) in [4.78, 5) is 2.58. The highest BCUT2D eigenvalue weighted by Gasteiger charge is 2.39. The van der Waals surface area contributed by atoms with Crippen LogP contribution in [0.3, 0.4) is 0 Å². The fourth-order valence-corrected chi connectivity index (χ4v) is 2.66. The van der Waals surface area contributed by atoms with E-state index in [1.165, 1.54) is 25.8 Å². The fourth-order valence-electron chi connectivity index (χ4n) is 2.66. The van der Waals surface area contributed by atoms with Gasteiger partial charge < -0.3 is 5.11 Å². The molecule has 0 aromatic rings. The summed E-state index contributed by atoms with van der Waals surface area (Å²) >= 11 is 0. The van der Waals surface area contributed by atoms with Crippen molar-refractivity contribution in [2.24, 2.45) is 11.3 Å². The van der Waals surface area contributed by atoms with E-state index in [-0.39, 0.29) is 5.41 Å². The molecular weight excluding hydrogens is 162 g/mol. The quantitative estimate of drug-likeness (QED) is 0.701. The van der Waals surface area contributed by atoms with Crippen LogP contribution in [-0.2, 0) is 0 Å². The molecule has 1 saturated heterocycles. The monoisotopic (exact) mass is 183 g/mol. The molecule has 1 atom stereocenters. The summed E-state index contributed by atoms with van der Waals surface area (Å²) in [5.41, 5.74) is 0.193. The van der Waals surface area contributed by atoms with E-state index in [4.69, 9.17) is 0 Å². The summed E-state index contributed by atoms with van der Waals surface area (Å²) in [6, 6.07) is 0.836. The van der Waals surface area contributed by atoms with Gasteiger partial charge in [-0.1, -0.05) is 13.8 Å². The molecule has 1 aliphatic heterocycles. The van der Waals surface area contributed by atoms with Crippen LogP contribution in [0.5, 0.6) is 0 Å². The first-order valence-corrected chi connectivity index (χ1v) is 5.48. The highest BCUT2D eigenvalue weighted by atomic mass is 16.3. The first-order chi connectivity index (χ1) is 6.13. The molecule has 76 valence electrons. The van der Waals surface area contributed by atoms with Crippen LogP contribution in [0.15, 0.2) is 0 Å². The topological polar surface area (TPSA) is 23.5 Å². The van der Waals surface area contributed by atoms with E-state index in [1.54, 1.807) is 0 Å². The highest BCUT2D eigenvalue weighted by molar-refractivity contribution is 4.93. The van der Waals surface area contributed by atoms with Crippen molar-refractivity contribution in [3.63, 3.8) is 0 Å². The average molecular weight is 183 g/mol. The third kappa shape index (κ3) is 1.75. The summed E-state index contributed by atoms with van der Waals surface area (Å²) in [5, 5.41) is 9.24. The van der Waals surface area contributed by atoms with Crippen molar-refractivity contribution in [3.8, 4) is 0 Å². The zero-order chi connectivity index (χ0) is 9.47. The standard InChI is InChI=1S/C11H21NO/c1-9-5-10(6-9)12-4-3-11(2,7-12)8-13/h9-10,13H,3-8H2,1-2H3. The third-order valence-corrected chi connectivity index (χ3v) is 3.83. The summed E-state index contributed by atoms with van der Waals surface area (Å²) in [6.45, 7) is 7.20. The normalized spacial score (nSPS) is 46.4. The van der Waals surface area contributed by atoms with Crippen LogP contribution >= 0.6 is 0 Å². The Kier molecular flexibility index (Phi) is 2.37. The van der Waals surface area contributed by atoms with Gasteiger partial charge in [-0.2, -0.15) is 0 Å². The Labute approximate surface area is 80.9 Å². The molecule has 1 saturated carbocycles. The number of likely N-dealkylation sites (tertiary alicyclic amines) is 1. The Hall–Kier alpha value is -0.0800. The number of aliphatic hydroxyl groups excluding tert-OH is 1. The van der Waals surface area contributed by atoms with Gasteiger partial charge in [0.2, 0.25) is 0 Å². The number of hydrogen-bond acceptors (Lipinski definition) is 2. The maximum absolute atomic E-state index is 9.24. The minimum Gasteiger partial charge on any atom is -0.396 e. The van der Waals surface area contributed by atoms with Gasteiger partial charge >= 0.3 is 0 Å². The van der Waals surface area contributed by atoms with Gasteiger partial charge in [0.05, 0.1) is 0 Å². The van der Waals surface area contributed by atoms with E-state index >= 15 is 0 Å². The SMILES string of the molecule is CC1CC(N2CCC(C)(CO)C2)C1. The lowest BCUT2D eigenvalue weighted by Gasteiger charge is -2.40. The molecule has 0 amide bonds. The van der Waals surface area contributed by atoms with Crippen molar-refractivity contribution in [1.82, 2.24) is 4.90 Å². The Morgan fingerprint density at radius 3 is 2.62 bits per heavy atom. The van der Waals surface area contributed by atoms with Gasteiger partial charge in [0, 0.05) is 24.6 Å². The molecule has 1 unspecified atom stereocenters. The van der Waals surface area contributed by atoms with Crippen molar-refractivity contribution < 1.29 is 5.11 Å². The predicted molar refractivity (Wildman–Crippen MR) is 53.6 cm³/mol. The minimum atomic E-state index is 0.193. The van der Waals surface area contributed by atoms with E-state index in [0.717, 1.165) is 18.5 Å². The van der Waals surface area contributed by atoms with Crippen LogP contribution < -0.4 is 0 Å². The Morgan fingerprint density at radius 1 is 1.46 bits per heavy atom. The average Bonchev–Trinajstić information content (AvgIpc) is 2.43. The predicted octanol–water partition coefficient (Wildman–Crippen LogP) is 1.49. The summed E-state index contributed by atoms with van der Waals surface area (Å²) < 4.78 is 0. The van der Waals surface area contributed by atoms with Gasteiger partial charge in [0.25, 0.3) is 0 Å². The second kappa shape index (κ2) is 3.25. The third-order valence-electron chi connectivity index (χ3n) is 3.83. The number of nitrogens with zero attached hydrogens (tertiary/aromatic N) is 1. The molecule has 1 N–H and O–H groups in total. The first-order valence-electron chi connectivity index (χ1n) is 5.48. The van der Waals surface area contributed by atoms with E-state index in [0.29, 0.717) is 6.61 Å². The van der Waals surface area contributed by atoms with Crippen molar-refractivity contribution in [1.29, 1.82) is 0 Å². The largest absolute Gasteiger partial charge is 0.396 e. The first kappa shape index (κ1) is 9.47. The Balaban J connectivity index is 1.85. The van der Waals surface area contributed by atoms with E-state index in [9.17, 15) is 5.11 Å². The van der Waals surface area contributed by atoms with E-state index in [2.05, 4.69) is 18.7 Å². The molecule has 0 aromatic carbocycles. The molecule has 13 heavy (non-hydrogen) atoms. The van der Waals surface area contributed by atoms with Gasteiger partial charge in [-0.25, -0.2) is 0 Å². The van der Waals surface area contributed by atoms with Crippen LogP contribution in [0.4, 0.5) is 0 Å². The van der Waals surface area contributed by atoms with E-state index < -0.39 is 0 Å². The highest BCUT2D eigenvalue weighted by Crippen LogP contribution is 2.38. The molecule has 0 radical (unpaired) electrons. The van der Waals surface area contributed by atoms with Crippen LogP contribution in [-0.4, -0.2) is 35.7 Å². The molecule has 0 aromatic heterocycles. The lowest BCUT2D eigenvalue weighted by atomic mass is 9.81. The molecule has 2 heteroatoms. The van der Waals surface area contributed by atoms with Crippen LogP contribution in [0.25, 0.3) is 0 Å². The summed E-state index contributed by atoms with van der Waals surface area (Å²) in [5.74, 6) is 0.936. The summed E-state index contributed by atoms with van der Waals surface area (Å²) in [7, 11) is 0. The lowest BCUT2D eigenvalue weighted by Crippen LogP contribution is -2.43. The lowest BCUT2D eigenvalue weighted by molar-refractivity contribution is 0.0827. The van der Waals surface area contributed by atoms with Crippen molar-refractivity contribution in [2.75, 3.05) is 19.7 Å². The van der Waals surface area contributed by atoms with Crippen molar-refractivity contribution in [3.05, 3.63) is 0 Å². The Morgan fingerprint density at radius 2 is 2.15 bits per heavy atom. The molecule has 0 spiro atoms. The fraction of sp³-hybridized carbons (Fsp3) is 1.00. The molecule has 1 aliphatic carbocycles. The molecule has 2 rings (SSSR count). The number of aliphatic hydroxyl groups is 1. The van der Waals surface area contributed by atoms with Crippen LogP contribution in [0.2, 0.25) is 0 Å². The molecule has 2 fully saturated rings. The smallest absolute Gasteiger partial charge is 0.0497 e. The summed E-state index contributed by atoms with van der Waals surface area (Å²) in [6.07, 6.45) is 3.93. The minimum absolute atomic E-state index is 0.193. The maximum atomic E-state index is 9.24. The molecule has 2 aliphatic rings. The van der Waals surface area contributed by atoms with Gasteiger partial charge in [-0.05, 0) is 31.7 Å². The molecule has 1 heterocycles. The van der Waals surface area contributed by atoms with Gasteiger partial charge in [0.15, 0.2) is 0 Å². The Bertz CT molecular complexity index is 189. The molecule has 2 nitrogen and oxygen atoms in total. The van der Waals surface area contributed by atoms with Crippen molar-refractivity contribution in [2.45, 2.75) is 39.2 Å². The molecular formula is C11H21NO. The second-order valence-corrected chi connectivity index (χ2v) is 5.42. The van der Waals surface area contributed by atoms with Crippen LogP contribution in [0, 0.1) is 11.3 Å². The van der Waals surface area contributed by atoms with Crippen molar-refractivity contribution >= 4 is 0 Å². The maximum Gasteiger partial charge on any atom is 0.0497 e. The number of rotatable bonds is 2. The van der Waals surface area contributed by atoms with Gasteiger partial charge in [-0.15, -0.1) is 0 Å². The van der Waals surface area contributed by atoms with E-state index in [1.807, 2.05) is 0 Å². The van der Waals surface area contributed by atoms with Gasteiger partial charge in [0.1, 0.15) is 0 Å².